The molecule has 0 atom stereocenters. The second kappa shape index (κ2) is 7.44. The van der Waals surface area contributed by atoms with Crippen LogP contribution in [0, 0.1) is 0 Å². The van der Waals surface area contributed by atoms with E-state index < -0.39 is 0 Å². The van der Waals surface area contributed by atoms with Crippen molar-refractivity contribution in [2.24, 2.45) is 0 Å². The molecule has 4 nitrogen and oxygen atoms in total. The lowest BCUT2D eigenvalue weighted by Gasteiger charge is -2.04. The van der Waals surface area contributed by atoms with Gasteiger partial charge < -0.3 is 9.26 Å². The Morgan fingerprint density at radius 3 is 2.83 bits per heavy atom. The summed E-state index contributed by atoms with van der Waals surface area (Å²) in [6.45, 7) is 2.79. The van der Waals surface area contributed by atoms with Crippen molar-refractivity contribution < 1.29 is 9.26 Å². The molecule has 3 aromatic rings. The zero-order valence-corrected chi connectivity index (χ0v) is 14.1. The van der Waals surface area contributed by atoms with Gasteiger partial charge in [-0.1, -0.05) is 41.9 Å². The minimum Gasteiger partial charge on any atom is -0.494 e. The van der Waals surface area contributed by atoms with E-state index in [1.54, 1.807) is 17.4 Å². The first kappa shape index (κ1) is 15.8. The summed E-state index contributed by atoms with van der Waals surface area (Å²) in [5.41, 5.74) is 0.940. The van der Waals surface area contributed by atoms with E-state index in [4.69, 9.17) is 20.9 Å². The predicted molar refractivity (Wildman–Crippen MR) is 93.6 cm³/mol. The summed E-state index contributed by atoms with van der Waals surface area (Å²) >= 11 is 7.83. The van der Waals surface area contributed by atoms with Gasteiger partial charge in [-0.25, -0.2) is 0 Å². The van der Waals surface area contributed by atoms with Crippen molar-refractivity contribution in [2.45, 2.75) is 13.3 Å². The number of nitrogens with zero attached hydrogens (tertiary/aromatic N) is 2. The van der Waals surface area contributed by atoms with Gasteiger partial charge in [-0.15, -0.1) is 11.3 Å². The van der Waals surface area contributed by atoms with Crippen LogP contribution in [0.1, 0.15) is 24.8 Å². The van der Waals surface area contributed by atoms with E-state index in [1.165, 1.54) is 0 Å². The largest absolute Gasteiger partial charge is 0.494 e. The number of hydrogen-bond acceptors (Lipinski definition) is 5. The number of rotatable bonds is 6. The van der Waals surface area contributed by atoms with Crippen molar-refractivity contribution in [3.63, 3.8) is 0 Å². The topological polar surface area (TPSA) is 48.2 Å². The molecular weight excluding hydrogens is 332 g/mol. The SMILES string of the molecule is CCCOc1ccc(/C=C(\Cl)c2nc(-c3cccs3)no2)cc1. The Morgan fingerprint density at radius 1 is 1.30 bits per heavy atom. The molecule has 118 valence electrons. The van der Waals surface area contributed by atoms with E-state index in [9.17, 15) is 0 Å². The van der Waals surface area contributed by atoms with Crippen LogP contribution in [-0.4, -0.2) is 16.7 Å². The average Bonchev–Trinajstić information content (AvgIpc) is 3.25. The van der Waals surface area contributed by atoms with Gasteiger partial charge in [0, 0.05) is 0 Å². The molecule has 0 bridgehead atoms. The fourth-order valence-electron chi connectivity index (χ4n) is 1.91. The number of ether oxygens (including phenoxy) is 1. The van der Waals surface area contributed by atoms with Gasteiger partial charge in [0.15, 0.2) is 0 Å². The Bertz CT molecular complexity index is 779. The van der Waals surface area contributed by atoms with Gasteiger partial charge in [-0.3, -0.25) is 0 Å². The number of halogens is 1. The summed E-state index contributed by atoms with van der Waals surface area (Å²) < 4.78 is 10.8. The Balaban J connectivity index is 1.74. The van der Waals surface area contributed by atoms with E-state index in [2.05, 4.69) is 17.1 Å². The summed E-state index contributed by atoms with van der Waals surface area (Å²) in [5, 5.41) is 6.32. The molecule has 1 aromatic carbocycles. The minimum atomic E-state index is 0.307. The van der Waals surface area contributed by atoms with E-state index in [-0.39, 0.29) is 0 Å². The molecule has 0 aliphatic heterocycles. The second-order valence-corrected chi connectivity index (χ2v) is 6.17. The van der Waals surface area contributed by atoms with Gasteiger partial charge in [0.1, 0.15) is 10.8 Å². The van der Waals surface area contributed by atoms with Crippen LogP contribution in [0.25, 0.3) is 21.8 Å². The molecule has 0 fully saturated rings. The van der Waals surface area contributed by atoms with Crippen molar-refractivity contribution in [1.82, 2.24) is 10.1 Å². The third-order valence-corrected chi connectivity index (χ3v) is 4.15. The first-order valence-electron chi connectivity index (χ1n) is 7.24. The lowest BCUT2D eigenvalue weighted by Crippen LogP contribution is -1.94. The molecule has 0 spiro atoms. The molecule has 3 rings (SSSR count). The zero-order valence-electron chi connectivity index (χ0n) is 12.5. The van der Waals surface area contributed by atoms with Gasteiger partial charge >= 0.3 is 0 Å². The molecule has 0 N–H and O–H groups in total. The normalized spacial score (nSPS) is 11.7. The Labute approximate surface area is 143 Å². The van der Waals surface area contributed by atoms with Crippen molar-refractivity contribution in [1.29, 1.82) is 0 Å². The predicted octanol–water partition coefficient (Wildman–Crippen LogP) is 5.32. The van der Waals surface area contributed by atoms with Gasteiger partial charge in [0.25, 0.3) is 5.89 Å². The first-order chi connectivity index (χ1) is 11.3. The molecule has 0 amide bonds. The smallest absolute Gasteiger partial charge is 0.269 e. The summed E-state index contributed by atoms with van der Waals surface area (Å²) in [5.74, 6) is 1.70. The fourth-order valence-corrected chi connectivity index (χ4v) is 2.77. The van der Waals surface area contributed by atoms with Crippen LogP contribution >= 0.6 is 22.9 Å². The quantitative estimate of drug-likeness (QED) is 0.605. The van der Waals surface area contributed by atoms with E-state index in [0.717, 1.165) is 22.6 Å². The van der Waals surface area contributed by atoms with Crippen LogP contribution in [0.3, 0.4) is 0 Å². The second-order valence-electron chi connectivity index (χ2n) is 4.81. The van der Waals surface area contributed by atoms with Crippen molar-refractivity contribution >= 4 is 34.0 Å². The minimum absolute atomic E-state index is 0.307. The Morgan fingerprint density at radius 2 is 2.13 bits per heavy atom. The van der Waals surface area contributed by atoms with Crippen molar-refractivity contribution in [2.75, 3.05) is 6.61 Å². The van der Waals surface area contributed by atoms with E-state index in [0.29, 0.717) is 23.4 Å². The van der Waals surface area contributed by atoms with Crippen LogP contribution in [0.4, 0.5) is 0 Å². The highest BCUT2D eigenvalue weighted by molar-refractivity contribution is 7.13. The molecular formula is C17H15ClN2O2S. The molecule has 23 heavy (non-hydrogen) atoms. The third-order valence-electron chi connectivity index (χ3n) is 3.02. The molecule has 2 heterocycles. The highest BCUT2D eigenvalue weighted by Crippen LogP contribution is 2.26. The van der Waals surface area contributed by atoms with Gasteiger partial charge in [0.05, 0.1) is 11.5 Å². The maximum Gasteiger partial charge on any atom is 0.269 e. The Kier molecular flexibility index (Phi) is 5.10. The number of thiophene rings is 1. The number of aromatic nitrogens is 2. The molecule has 6 heteroatoms. The fraction of sp³-hybridized carbons (Fsp3) is 0.176. The van der Waals surface area contributed by atoms with Crippen molar-refractivity contribution in [3.8, 4) is 16.5 Å². The van der Waals surface area contributed by atoms with Crippen LogP contribution in [0.2, 0.25) is 0 Å². The molecule has 2 aromatic heterocycles. The van der Waals surface area contributed by atoms with Crippen molar-refractivity contribution in [3.05, 3.63) is 53.2 Å². The highest BCUT2D eigenvalue weighted by atomic mass is 35.5. The number of benzene rings is 1. The van der Waals surface area contributed by atoms with Gasteiger partial charge in [-0.05, 0) is 41.6 Å². The molecule has 0 aliphatic carbocycles. The Hall–Kier alpha value is -2.11. The molecule has 0 aliphatic rings. The van der Waals surface area contributed by atoms with Crippen LogP contribution in [0.15, 0.2) is 46.3 Å². The van der Waals surface area contributed by atoms with Gasteiger partial charge in [0.2, 0.25) is 5.82 Å². The molecule has 0 saturated carbocycles. The molecule has 0 unspecified atom stereocenters. The monoisotopic (exact) mass is 346 g/mol. The maximum absolute atomic E-state index is 6.28. The highest BCUT2D eigenvalue weighted by Gasteiger charge is 2.12. The average molecular weight is 347 g/mol. The lowest BCUT2D eigenvalue weighted by atomic mass is 10.2. The summed E-state index contributed by atoms with van der Waals surface area (Å²) in [7, 11) is 0. The summed E-state index contributed by atoms with van der Waals surface area (Å²) in [4.78, 5) is 5.26. The van der Waals surface area contributed by atoms with Crippen LogP contribution in [-0.2, 0) is 0 Å². The molecule has 0 radical (unpaired) electrons. The van der Waals surface area contributed by atoms with Crippen LogP contribution < -0.4 is 4.74 Å². The third kappa shape index (κ3) is 4.00. The first-order valence-corrected chi connectivity index (χ1v) is 8.50. The number of hydrogen-bond donors (Lipinski definition) is 0. The lowest BCUT2D eigenvalue weighted by molar-refractivity contribution is 0.317. The van der Waals surface area contributed by atoms with Crippen LogP contribution in [0.5, 0.6) is 5.75 Å². The van der Waals surface area contributed by atoms with E-state index >= 15 is 0 Å². The summed E-state index contributed by atoms with van der Waals surface area (Å²) in [6.07, 6.45) is 2.77. The van der Waals surface area contributed by atoms with E-state index in [1.807, 2.05) is 41.8 Å². The molecule has 0 saturated heterocycles. The maximum atomic E-state index is 6.28. The standard InChI is InChI=1S/C17H15ClN2O2S/c1-2-9-21-13-7-5-12(6-8-13)11-14(18)17-19-16(20-22-17)15-4-3-10-23-15/h3-8,10-11H,2,9H2,1H3/b14-11-. The summed E-state index contributed by atoms with van der Waals surface area (Å²) in [6, 6.07) is 11.6. The van der Waals surface area contributed by atoms with Gasteiger partial charge in [-0.2, -0.15) is 4.98 Å². The zero-order chi connectivity index (χ0) is 16.1.